The van der Waals surface area contributed by atoms with Gasteiger partial charge in [0.2, 0.25) is 0 Å². The van der Waals surface area contributed by atoms with Gasteiger partial charge >= 0.3 is 5.97 Å². The fraction of sp³-hybridized carbons (Fsp3) is 0.143. The number of carboxylic acid groups (broad SMARTS) is 1. The van der Waals surface area contributed by atoms with E-state index in [1.165, 1.54) is 6.07 Å². The van der Waals surface area contributed by atoms with Crippen molar-refractivity contribution in [2.75, 3.05) is 0 Å². The Hall–Kier alpha value is -2.76. The molecule has 2 heterocycles. The minimum absolute atomic E-state index is 0.0290. The van der Waals surface area contributed by atoms with Crippen molar-refractivity contribution in [2.45, 2.75) is 13.8 Å². The molecule has 0 fully saturated rings. The lowest BCUT2D eigenvalue weighted by Gasteiger charge is -1.99. The molecule has 20 heavy (non-hydrogen) atoms. The average Bonchev–Trinajstić information content (AvgIpc) is 2.83. The molecule has 6 nitrogen and oxygen atoms in total. The van der Waals surface area contributed by atoms with Crippen LogP contribution >= 0.6 is 0 Å². The lowest BCUT2D eigenvalue weighted by atomic mass is 10.1. The largest absolute Gasteiger partial charge is 0.477 e. The molecule has 0 bridgehead atoms. The van der Waals surface area contributed by atoms with Crippen molar-refractivity contribution >= 4 is 11.7 Å². The van der Waals surface area contributed by atoms with Crippen LogP contribution in [0.5, 0.6) is 0 Å². The van der Waals surface area contributed by atoms with Crippen LogP contribution in [0, 0.1) is 13.8 Å². The topological polar surface area (TPSA) is 80.4 Å². The van der Waals surface area contributed by atoms with Crippen LogP contribution in [0.25, 0.3) is 17.2 Å². The van der Waals surface area contributed by atoms with Gasteiger partial charge in [0.1, 0.15) is 0 Å². The van der Waals surface area contributed by atoms with E-state index in [0.29, 0.717) is 17.3 Å². The minimum atomic E-state index is -1.07. The fourth-order valence-corrected chi connectivity index (χ4v) is 2.06. The van der Waals surface area contributed by atoms with Gasteiger partial charge in [0.05, 0.1) is 0 Å². The molecule has 0 aliphatic carbocycles. The van der Waals surface area contributed by atoms with Crippen LogP contribution in [0.3, 0.4) is 0 Å². The normalized spacial score (nSPS) is 10.9. The Morgan fingerprint density at radius 1 is 1.20 bits per heavy atom. The predicted molar refractivity (Wildman–Crippen MR) is 72.7 cm³/mol. The highest BCUT2D eigenvalue weighted by Gasteiger charge is 2.14. The first-order chi connectivity index (χ1) is 9.56. The standard InChI is InChI=1S/C14H12N4O2/c1-8-5-3-4-6-10(8)12-16-14-15-11(13(19)20)7-9(2)18(14)17-12/h3-7H,1-2H3,(H,19,20). The Balaban J connectivity index is 2.23. The Labute approximate surface area is 114 Å². The van der Waals surface area contributed by atoms with Gasteiger partial charge in [-0.05, 0) is 25.5 Å². The van der Waals surface area contributed by atoms with Crippen LogP contribution < -0.4 is 0 Å². The molecule has 0 spiro atoms. The second-order valence-electron chi connectivity index (χ2n) is 4.55. The number of carbonyl (C=O) groups is 1. The molecule has 2 aromatic heterocycles. The summed E-state index contributed by atoms with van der Waals surface area (Å²) in [6.45, 7) is 3.75. The Morgan fingerprint density at radius 3 is 2.65 bits per heavy atom. The zero-order valence-corrected chi connectivity index (χ0v) is 11.0. The van der Waals surface area contributed by atoms with Gasteiger partial charge in [-0.2, -0.15) is 4.98 Å². The molecular formula is C14H12N4O2. The molecule has 0 saturated carbocycles. The van der Waals surface area contributed by atoms with Crippen LogP contribution in [-0.2, 0) is 0 Å². The first-order valence-corrected chi connectivity index (χ1v) is 6.10. The monoisotopic (exact) mass is 268 g/mol. The van der Waals surface area contributed by atoms with Gasteiger partial charge in [0.25, 0.3) is 5.78 Å². The summed E-state index contributed by atoms with van der Waals surface area (Å²) in [5.74, 6) is -0.238. The zero-order valence-electron chi connectivity index (χ0n) is 11.0. The second-order valence-corrected chi connectivity index (χ2v) is 4.55. The minimum Gasteiger partial charge on any atom is -0.477 e. The molecule has 3 aromatic rings. The third kappa shape index (κ3) is 1.91. The van der Waals surface area contributed by atoms with Gasteiger partial charge in [-0.3, -0.25) is 0 Å². The van der Waals surface area contributed by atoms with E-state index in [4.69, 9.17) is 5.11 Å². The predicted octanol–water partition coefficient (Wildman–Crippen LogP) is 2.11. The summed E-state index contributed by atoms with van der Waals surface area (Å²) in [5, 5.41) is 13.4. The lowest BCUT2D eigenvalue weighted by molar-refractivity contribution is 0.0690. The van der Waals surface area contributed by atoms with E-state index in [1.807, 2.05) is 31.2 Å². The number of aromatic carboxylic acids is 1. The molecule has 1 N–H and O–H groups in total. The van der Waals surface area contributed by atoms with E-state index in [1.54, 1.807) is 11.4 Å². The molecule has 0 aliphatic rings. The highest BCUT2D eigenvalue weighted by Crippen LogP contribution is 2.20. The summed E-state index contributed by atoms with van der Waals surface area (Å²) in [5.41, 5.74) is 2.62. The van der Waals surface area contributed by atoms with E-state index in [-0.39, 0.29) is 5.69 Å². The molecule has 100 valence electrons. The molecule has 0 unspecified atom stereocenters. The number of nitrogens with zero attached hydrogens (tertiary/aromatic N) is 4. The first-order valence-electron chi connectivity index (χ1n) is 6.10. The maximum absolute atomic E-state index is 11.0. The summed E-state index contributed by atoms with van der Waals surface area (Å²) < 4.78 is 1.55. The van der Waals surface area contributed by atoms with Crippen molar-refractivity contribution in [3.8, 4) is 11.4 Å². The molecule has 0 radical (unpaired) electrons. The molecule has 1 aromatic carbocycles. The molecular weight excluding hydrogens is 256 g/mol. The number of hydrogen-bond acceptors (Lipinski definition) is 4. The SMILES string of the molecule is Cc1ccccc1-c1nc2nc(C(=O)O)cc(C)n2n1. The highest BCUT2D eigenvalue weighted by molar-refractivity contribution is 5.85. The van der Waals surface area contributed by atoms with Gasteiger partial charge in [0, 0.05) is 11.3 Å². The van der Waals surface area contributed by atoms with Gasteiger partial charge in [-0.15, -0.1) is 5.10 Å². The quantitative estimate of drug-likeness (QED) is 0.769. The van der Waals surface area contributed by atoms with E-state index in [0.717, 1.165) is 11.1 Å². The Morgan fingerprint density at radius 2 is 1.95 bits per heavy atom. The molecule has 0 amide bonds. The second kappa shape index (κ2) is 4.41. The van der Waals surface area contributed by atoms with Gasteiger partial charge in [0.15, 0.2) is 11.5 Å². The smallest absolute Gasteiger partial charge is 0.354 e. The molecule has 6 heteroatoms. The van der Waals surface area contributed by atoms with E-state index < -0.39 is 5.97 Å². The third-order valence-corrected chi connectivity index (χ3v) is 3.10. The first kappa shape index (κ1) is 12.3. The Kier molecular flexibility index (Phi) is 2.71. The summed E-state index contributed by atoms with van der Waals surface area (Å²) in [6.07, 6.45) is 0. The highest BCUT2D eigenvalue weighted by atomic mass is 16.4. The van der Waals surface area contributed by atoms with Crippen LogP contribution in [0.1, 0.15) is 21.7 Å². The summed E-state index contributed by atoms with van der Waals surface area (Å²) >= 11 is 0. The molecule has 0 aliphatic heterocycles. The van der Waals surface area contributed by atoms with Crippen molar-refractivity contribution in [1.29, 1.82) is 0 Å². The van der Waals surface area contributed by atoms with E-state index >= 15 is 0 Å². The maximum Gasteiger partial charge on any atom is 0.354 e. The maximum atomic E-state index is 11.0. The summed E-state index contributed by atoms with van der Waals surface area (Å²) in [7, 11) is 0. The number of hydrogen-bond donors (Lipinski definition) is 1. The Bertz CT molecular complexity index is 823. The molecule has 0 saturated heterocycles. The van der Waals surface area contributed by atoms with Crippen LogP contribution in [0.15, 0.2) is 30.3 Å². The molecule has 0 atom stereocenters. The average molecular weight is 268 g/mol. The fourth-order valence-electron chi connectivity index (χ4n) is 2.06. The van der Waals surface area contributed by atoms with Crippen molar-refractivity contribution < 1.29 is 9.90 Å². The van der Waals surface area contributed by atoms with Crippen LogP contribution in [0.2, 0.25) is 0 Å². The number of benzene rings is 1. The number of aryl methyl sites for hydroxylation is 2. The van der Waals surface area contributed by atoms with Crippen LogP contribution in [0.4, 0.5) is 0 Å². The lowest BCUT2D eigenvalue weighted by Crippen LogP contribution is -2.05. The summed E-state index contributed by atoms with van der Waals surface area (Å²) in [4.78, 5) is 19.3. The van der Waals surface area contributed by atoms with E-state index in [9.17, 15) is 4.79 Å². The number of rotatable bonds is 2. The van der Waals surface area contributed by atoms with Gasteiger partial charge < -0.3 is 5.11 Å². The van der Waals surface area contributed by atoms with Crippen LogP contribution in [-0.4, -0.2) is 30.7 Å². The van der Waals surface area contributed by atoms with Gasteiger partial charge in [-0.25, -0.2) is 14.3 Å². The van der Waals surface area contributed by atoms with Crippen molar-refractivity contribution in [2.24, 2.45) is 0 Å². The van der Waals surface area contributed by atoms with Crippen molar-refractivity contribution in [3.63, 3.8) is 0 Å². The van der Waals surface area contributed by atoms with Crippen molar-refractivity contribution in [1.82, 2.24) is 19.6 Å². The zero-order chi connectivity index (χ0) is 14.3. The number of fused-ring (bicyclic) bond motifs is 1. The van der Waals surface area contributed by atoms with Crippen molar-refractivity contribution in [3.05, 3.63) is 47.3 Å². The van der Waals surface area contributed by atoms with Gasteiger partial charge in [-0.1, -0.05) is 24.3 Å². The number of aromatic nitrogens is 4. The number of carboxylic acids is 1. The van der Waals surface area contributed by atoms with E-state index in [2.05, 4.69) is 15.1 Å². The summed E-state index contributed by atoms with van der Waals surface area (Å²) in [6, 6.07) is 9.24. The molecule has 3 rings (SSSR count). The third-order valence-electron chi connectivity index (χ3n) is 3.10.